The number of aromatic nitrogens is 1. The maximum atomic E-state index is 5.81. The molecule has 0 aliphatic heterocycles. The largest absolute Gasteiger partial charge is 0.490 e. The average molecular weight is 413 g/mol. The van der Waals surface area contributed by atoms with Crippen LogP contribution in [-0.2, 0) is 0 Å². The van der Waals surface area contributed by atoms with Gasteiger partial charge in [0.1, 0.15) is 5.82 Å². The van der Waals surface area contributed by atoms with Gasteiger partial charge >= 0.3 is 0 Å². The molecule has 0 unspecified atom stereocenters. The van der Waals surface area contributed by atoms with E-state index in [2.05, 4.69) is 38.4 Å². The first kappa shape index (κ1) is 18.5. The maximum absolute atomic E-state index is 5.81. The average Bonchev–Trinajstić information content (AvgIpc) is 2.97. The standard InChI is InChI=1S/C16H21BrN4O2S/c1-3-5-6-23-14-8-12(17)11(7-13(14)22-4-2)9-19-21-16-20-15(18)10-24-16/h7-10H,3-6,18H2,1-2H3,(H,20,21). The summed E-state index contributed by atoms with van der Waals surface area (Å²) >= 11 is 4.94. The van der Waals surface area contributed by atoms with E-state index < -0.39 is 0 Å². The second kappa shape index (κ2) is 9.48. The molecule has 1 aromatic carbocycles. The quantitative estimate of drug-likeness (QED) is 0.359. The van der Waals surface area contributed by atoms with Crippen LogP contribution in [0.4, 0.5) is 10.9 Å². The molecule has 24 heavy (non-hydrogen) atoms. The van der Waals surface area contributed by atoms with Gasteiger partial charge in [-0.25, -0.2) is 4.98 Å². The number of ether oxygens (including phenoxy) is 2. The first-order valence-electron chi connectivity index (χ1n) is 7.73. The van der Waals surface area contributed by atoms with Gasteiger partial charge in [0, 0.05) is 15.4 Å². The van der Waals surface area contributed by atoms with E-state index in [4.69, 9.17) is 15.2 Å². The number of anilines is 2. The first-order valence-corrected chi connectivity index (χ1v) is 9.40. The lowest BCUT2D eigenvalue weighted by atomic mass is 10.2. The van der Waals surface area contributed by atoms with Crippen LogP contribution in [0.2, 0.25) is 0 Å². The lowest BCUT2D eigenvalue weighted by molar-refractivity contribution is 0.272. The van der Waals surface area contributed by atoms with Crippen molar-refractivity contribution in [2.45, 2.75) is 26.7 Å². The van der Waals surface area contributed by atoms with Crippen LogP contribution in [0, 0.1) is 0 Å². The Labute approximate surface area is 154 Å². The number of nitrogens with one attached hydrogen (secondary N) is 1. The summed E-state index contributed by atoms with van der Waals surface area (Å²) in [4.78, 5) is 4.08. The van der Waals surface area contributed by atoms with Gasteiger partial charge in [-0.05, 0) is 41.4 Å². The van der Waals surface area contributed by atoms with Crippen LogP contribution < -0.4 is 20.6 Å². The molecule has 2 aromatic rings. The van der Waals surface area contributed by atoms with Crippen LogP contribution in [0.1, 0.15) is 32.3 Å². The van der Waals surface area contributed by atoms with E-state index in [0.29, 0.717) is 29.9 Å². The van der Waals surface area contributed by atoms with Gasteiger partial charge in [0.15, 0.2) is 11.5 Å². The van der Waals surface area contributed by atoms with Gasteiger partial charge in [-0.1, -0.05) is 13.3 Å². The fourth-order valence-corrected chi connectivity index (χ4v) is 2.83. The summed E-state index contributed by atoms with van der Waals surface area (Å²) in [7, 11) is 0. The third-order valence-corrected chi connectivity index (χ3v) is 4.46. The zero-order valence-electron chi connectivity index (χ0n) is 13.7. The van der Waals surface area contributed by atoms with Crippen LogP contribution in [0.5, 0.6) is 11.5 Å². The SMILES string of the molecule is CCCCOc1cc(Br)c(C=NNc2nc(N)cs2)cc1OCC. The number of thiazole rings is 1. The Balaban J connectivity index is 2.12. The van der Waals surface area contributed by atoms with Crippen LogP contribution in [0.3, 0.4) is 0 Å². The highest BCUT2D eigenvalue weighted by Crippen LogP contribution is 2.33. The van der Waals surface area contributed by atoms with Crippen molar-refractivity contribution in [1.82, 2.24) is 4.98 Å². The lowest BCUT2D eigenvalue weighted by Gasteiger charge is -2.13. The molecule has 0 saturated heterocycles. The van der Waals surface area contributed by atoms with Crippen LogP contribution in [0.25, 0.3) is 0 Å². The Morgan fingerprint density at radius 3 is 2.79 bits per heavy atom. The van der Waals surface area contributed by atoms with Gasteiger partial charge in [0.25, 0.3) is 0 Å². The molecular weight excluding hydrogens is 392 g/mol. The second-order valence-electron chi connectivity index (χ2n) is 4.90. The molecule has 0 radical (unpaired) electrons. The van der Waals surface area contributed by atoms with Crippen molar-refractivity contribution in [3.63, 3.8) is 0 Å². The fourth-order valence-electron chi connectivity index (χ4n) is 1.85. The van der Waals surface area contributed by atoms with E-state index in [-0.39, 0.29) is 0 Å². The maximum Gasteiger partial charge on any atom is 0.205 e. The monoisotopic (exact) mass is 412 g/mol. The molecule has 0 atom stereocenters. The summed E-state index contributed by atoms with van der Waals surface area (Å²) in [6, 6.07) is 3.81. The van der Waals surface area contributed by atoms with Crippen LogP contribution in [0.15, 0.2) is 27.1 Å². The Bertz CT molecular complexity index is 691. The Hall–Kier alpha value is -1.80. The fraction of sp³-hybridized carbons (Fsp3) is 0.375. The van der Waals surface area contributed by atoms with Crippen LogP contribution >= 0.6 is 27.3 Å². The molecule has 0 aliphatic carbocycles. The molecule has 0 fully saturated rings. The van der Waals surface area contributed by atoms with Crippen molar-refractivity contribution in [2.75, 3.05) is 24.4 Å². The number of nitrogen functional groups attached to an aromatic ring is 1. The highest BCUT2D eigenvalue weighted by molar-refractivity contribution is 9.10. The van der Waals surface area contributed by atoms with Crippen molar-refractivity contribution in [3.8, 4) is 11.5 Å². The van der Waals surface area contributed by atoms with E-state index in [1.165, 1.54) is 11.3 Å². The number of benzene rings is 1. The number of unbranched alkanes of at least 4 members (excludes halogenated alkanes) is 1. The number of hydrogen-bond acceptors (Lipinski definition) is 7. The molecule has 6 nitrogen and oxygen atoms in total. The van der Waals surface area contributed by atoms with Crippen molar-refractivity contribution >= 4 is 44.4 Å². The first-order chi connectivity index (χ1) is 11.6. The van der Waals surface area contributed by atoms with E-state index in [9.17, 15) is 0 Å². The van der Waals surface area contributed by atoms with E-state index in [0.717, 1.165) is 28.6 Å². The number of nitrogens with zero attached hydrogens (tertiary/aromatic N) is 2. The number of rotatable bonds is 9. The molecule has 0 saturated carbocycles. The zero-order valence-corrected chi connectivity index (χ0v) is 16.1. The molecule has 3 N–H and O–H groups in total. The molecule has 0 spiro atoms. The third-order valence-electron chi connectivity index (χ3n) is 3.00. The van der Waals surface area contributed by atoms with Crippen molar-refractivity contribution in [1.29, 1.82) is 0 Å². The van der Waals surface area contributed by atoms with Gasteiger partial charge < -0.3 is 15.2 Å². The minimum atomic E-state index is 0.478. The molecule has 1 heterocycles. The molecule has 8 heteroatoms. The van der Waals surface area contributed by atoms with Gasteiger partial charge in [-0.15, -0.1) is 11.3 Å². The highest BCUT2D eigenvalue weighted by Gasteiger charge is 2.10. The normalized spacial score (nSPS) is 11.0. The third kappa shape index (κ3) is 5.38. The van der Waals surface area contributed by atoms with Crippen molar-refractivity contribution in [2.24, 2.45) is 5.10 Å². The summed E-state index contributed by atoms with van der Waals surface area (Å²) in [5.74, 6) is 1.91. The predicted molar refractivity (Wildman–Crippen MR) is 103 cm³/mol. The number of nitrogens with two attached hydrogens (primary N) is 1. The summed E-state index contributed by atoms with van der Waals surface area (Å²) in [5.41, 5.74) is 9.30. The Morgan fingerprint density at radius 1 is 1.33 bits per heavy atom. The Morgan fingerprint density at radius 2 is 2.12 bits per heavy atom. The summed E-state index contributed by atoms with van der Waals surface area (Å²) < 4.78 is 12.4. The topological polar surface area (TPSA) is 81.8 Å². The van der Waals surface area contributed by atoms with Gasteiger partial charge in [0.05, 0.1) is 19.4 Å². The summed E-state index contributed by atoms with van der Waals surface area (Å²) in [6.45, 7) is 5.31. The number of hydrogen-bond donors (Lipinski definition) is 2. The van der Waals surface area contributed by atoms with Gasteiger partial charge in [-0.3, -0.25) is 5.43 Å². The minimum Gasteiger partial charge on any atom is -0.490 e. The summed E-state index contributed by atoms with van der Waals surface area (Å²) in [5, 5.41) is 6.58. The lowest BCUT2D eigenvalue weighted by Crippen LogP contribution is -2.02. The smallest absolute Gasteiger partial charge is 0.205 e. The second-order valence-corrected chi connectivity index (χ2v) is 6.62. The van der Waals surface area contributed by atoms with E-state index in [1.54, 1.807) is 11.6 Å². The molecule has 0 amide bonds. The number of halogens is 1. The summed E-state index contributed by atoms with van der Waals surface area (Å²) in [6.07, 6.45) is 3.79. The van der Waals surface area contributed by atoms with Gasteiger partial charge in [-0.2, -0.15) is 5.10 Å². The highest BCUT2D eigenvalue weighted by atomic mass is 79.9. The molecule has 0 bridgehead atoms. The zero-order chi connectivity index (χ0) is 17.4. The van der Waals surface area contributed by atoms with Crippen LogP contribution in [-0.4, -0.2) is 24.4 Å². The molecular formula is C16H21BrN4O2S. The predicted octanol–water partition coefficient (Wildman–Crippen LogP) is 4.51. The molecule has 1 aromatic heterocycles. The molecule has 0 aliphatic rings. The van der Waals surface area contributed by atoms with Crippen molar-refractivity contribution < 1.29 is 9.47 Å². The molecule has 2 rings (SSSR count). The van der Waals surface area contributed by atoms with E-state index in [1.807, 2.05) is 19.1 Å². The van der Waals surface area contributed by atoms with E-state index >= 15 is 0 Å². The van der Waals surface area contributed by atoms with Crippen molar-refractivity contribution in [3.05, 3.63) is 27.5 Å². The molecule has 130 valence electrons. The number of hydrazone groups is 1. The van der Waals surface area contributed by atoms with Gasteiger partial charge in [0.2, 0.25) is 5.13 Å². The Kier molecular flexibility index (Phi) is 7.33. The minimum absolute atomic E-state index is 0.478.